The molecule has 1 N–H and O–H groups in total. The number of hydrogen-bond acceptors (Lipinski definition) is 3. The minimum atomic E-state index is -0.821. The summed E-state index contributed by atoms with van der Waals surface area (Å²) in [5.41, 5.74) is 1.59. The SMILES string of the molecule is CN(C)c1cc(CCC(=O)O)ncc1Cl. The van der Waals surface area contributed by atoms with Crippen LogP contribution in [0.25, 0.3) is 0 Å². The van der Waals surface area contributed by atoms with Gasteiger partial charge in [0, 0.05) is 32.4 Å². The van der Waals surface area contributed by atoms with Gasteiger partial charge in [-0.05, 0) is 6.07 Å². The third-order valence-electron chi connectivity index (χ3n) is 1.97. The molecule has 1 rings (SSSR count). The van der Waals surface area contributed by atoms with Gasteiger partial charge in [0.05, 0.1) is 17.1 Å². The highest BCUT2D eigenvalue weighted by molar-refractivity contribution is 6.33. The van der Waals surface area contributed by atoms with E-state index in [4.69, 9.17) is 16.7 Å². The van der Waals surface area contributed by atoms with Gasteiger partial charge in [-0.3, -0.25) is 9.78 Å². The first-order valence-electron chi connectivity index (χ1n) is 4.54. The summed E-state index contributed by atoms with van der Waals surface area (Å²) in [5.74, 6) is -0.821. The molecule has 1 aromatic heterocycles. The minimum Gasteiger partial charge on any atom is -0.481 e. The molecule has 0 aliphatic carbocycles. The van der Waals surface area contributed by atoms with Gasteiger partial charge in [-0.25, -0.2) is 0 Å². The lowest BCUT2D eigenvalue weighted by Crippen LogP contribution is -2.10. The average molecular weight is 229 g/mol. The van der Waals surface area contributed by atoms with E-state index in [-0.39, 0.29) is 6.42 Å². The summed E-state index contributed by atoms with van der Waals surface area (Å²) in [5, 5.41) is 9.11. The molecule has 15 heavy (non-hydrogen) atoms. The largest absolute Gasteiger partial charge is 0.481 e. The molecule has 0 saturated heterocycles. The summed E-state index contributed by atoms with van der Waals surface area (Å²) in [4.78, 5) is 16.3. The van der Waals surface area contributed by atoms with Crippen molar-refractivity contribution in [3.8, 4) is 0 Å². The van der Waals surface area contributed by atoms with Crippen molar-refractivity contribution in [2.75, 3.05) is 19.0 Å². The fourth-order valence-electron chi connectivity index (χ4n) is 1.18. The van der Waals surface area contributed by atoms with Gasteiger partial charge < -0.3 is 10.0 Å². The number of anilines is 1. The second kappa shape index (κ2) is 4.98. The number of aromatic nitrogens is 1. The molecular weight excluding hydrogens is 216 g/mol. The van der Waals surface area contributed by atoms with Crippen LogP contribution in [0.3, 0.4) is 0 Å². The minimum absolute atomic E-state index is 0.0848. The van der Waals surface area contributed by atoms with E-state index in [0.29, 0.717) is 11.4 Å². The number of carbonyl (C=O) groups is 1. The van der Waals surface area contributed by atoms with Crippen molar-refractivity contribution >= 4 is 23.3 Å². The van der Waals surface area contributed by atoms with Crippen LogP contribution in [0.1, 0.15) is 12.1 Å². The molecule has 0 bridgehead atoms. The molecule has 0 aromatic carbocycles. The highest BCUT2D eigenvalue weighted by atomic mass is 35.5. The first-order chi connectivity index (χ1) is 7.00. The molecule has 0 fully saturated rings. The van der Waals surface area contributed by atoms with Crippen LogP contribution >= 0.6 is 11.6 Å². The van der Waals surface area contributed by atoms with Crippen LogP contribution in [0.5, 0.6) is 0 Å². The lowest BCUT2D eigenvalue weighted by molar-refractivity contribution is -0.136. The van der Waals surface area contributed by atoms with Crippen molar-refractivity contribution in [2.24, 2.45) is 0 Å². The molecule has 0 amide bonds. The summed E-state index contributed by atoms with van der Waals surface area (Å²) in [7, 11) is 3.75. The Morgan fingerprint density at radius 1 is 1.60 bits per heavy atom. The van der Waals surface area contributed by atoms with Gasteiger partial charge in [-0.15, -0.1) is 0 Å². The van der Waals surface area contributed by atoms with E-state index in [0.717, 1.165) is 11.4 Å². The highest BCUT2D eigenvalue weighted by Crippen LogP contribution is 2.23. The van der Waals surface area contributed by atoms with Crippen LogP contribution in [-0.4, -0.2) is 30.2 Å². The van der Waals surface area contributed by atoms with Crippen molar-refractivity contribution in [2.45, 2.75) is 12.8 Å². The van der Waals surface area contributed by atoms with Crippen LogP contribution in [0, 0.1) is 0 Å². The maximum atomic E-state index is 10.4. The molecule has 0 radical (unpaired) electrons. The lowest BCUT2D eigenvalue weighted by Gasteiger charge is -2.14. The zero-order valence-electron chi connectivity index (χ0n) is 8.70. The molecule has 5 heteroatoms. The number of carboxylic acid groups (broad SMARTS) is 1. The number of rotatable bonds is 4. The number of aliphatic carboxylic acids is 1. The van der Waals surface area contributed by atoms with E-state index in [1.165, 1.54) is 0 Å². The Hall–Kier alpha value is -1.29. The van der Waals surface area contributed by atoms with E-state index in [9.17, 15) is 4.79 Å². The maximum absolute atomic E-state index is 10.4. The van der Waals surface area contributed by atoms with Crippen LogP contribution < -0.4 is 4.90 Å². The molecule has 0 saturated carbocycles. The van der Waals surface area contributed by atoms with E-state index in [2.05, 4.69) is 4.98 Å². The smallest absolute Gasteiger partial charge is 0.303 e. The Balaban J connectivity index is 2.83. The van der Waals surface area contributed by atoms with Crippen LogP contribution in [0.15, 0.2) is 12.3 Å². The van der Waals surface area contributed by atoms with Gasteiger partial charge in [-0.1, -0.05) is 11.6 Å². The van der Waals surface area contributed by atoms with Crippen LogP contribution in [-0.2, 0) is 11.2 Å². The van der Waals surface area contributed by atoms with Gasteiger partial charge in [0.2, 0.25) is 0 Å². The zero-order valence-corrected chi connectivity index (χ0v) is 9.45. The molecule has 0 aliphatic heterocycles. The van der Waals surface area contributed by atoms with Gasteiger partial charge in [-0.2, -0.15) is 0 Å². The molecule has 82 valence electrons. The standard InChI is InChI=1S/C10H13ClN2O2/c1-13(2)9-5-7(3-4-10(14)15)12-6-8(9)11/h5-6H,3-4H2,1-2H3,(H,14,15). The Bertz CT molecular complexity index is 366. The van der Waals surface area contributed by atoms with E-state index >= 15 is 0 Å². The first-order valence-corrected chi connectivity index (χ1v) is 4.92. The Morgan fingerprint density at radius 2 is 2.27 bits per heavy atom. The number of nitrogens with zero attached hydrogens (tertiary/aromatic N) is 2. The number of hydrogen-bond donors (Lipinski definition) is 1. The number of pyridine rings is 1. The van der Waals surface area contributed by atoms with Crippen molar-refractivity contribution in [1.82, 2.24) is 4.98 Å². The average Bonchev–Trinajstić information content (AvgIpc) is 2.16. The molecule has 1 heterocycles. The first kappa shape index (κ1) is 11.8. The normalized spacial score (nSPS) is 10.1. The predicted octanol–water partition coefficient (Wildman–Crippen LogP) is 1.82. The second-order valence-corrected chi connectivity index (χ2v) is 3.82. The number of aryl methyl sites for hydroxylation is 1. The molecule has 0 atom stereocenters. The van der Waals surface area contributed by atoms with Crippen molar-refractivity contribution in [3.05, 3.63) is 23.0 Å². The molecule has 1 aromatic rings. The third kappa shape index (κ3) is 3.40. The fourth-order valence-corrected chi connectivity index (χ4v) is 1.46. The predicted molar refractivity (Wildman–Crippen MR) is 59.5 cm³/mol. The summed E-state index contributed by atoms with van der Waals surface area (Å²) in [6.07, 6.45) is 2.06. The van der Waals surface area contributed by atoms with E-state index in [1.807, 2.05) is 25.1 Å². The second-order valence-electron chi connectivity index (χ2n) is 3.42. The summed E-state index contributed by atoms with van der Waals surface area (Å²) >= 11 is 5.93. The lowest BCUT2D eigenvalue weighted by atomic mass is 10.2. The van der Waals surface area contributed by atoms with Gasteiger partial charge in [0.1, 0.15) is 0 Å². The number of carboxylic acids is 1. The summed E-state index contributed by atoms with van der Waals surface area (Å²) in [6, 6.07) is 1.81. The Labute approximate surface area is 93.5 Å². The van der Waals surface area contributed by atoms with Crippen molar-refractivity contribution in [3.63, 3.8) is 0 Å². The molecule has 4 nitrogen and oxygen atoms in total. The van der Waals surface area contributed by atoms with Crippen molar-refractivity contribution < 1.29 is 9.90 Å². The van der Waals surface area contributed by atoms with E-state index < -0.39 is 5.97 Å². The van der Waals surface area contributed by atoms with Gasteiger partial charge in [0.25, 0.3) is 0 Å². The molecule has 0 aliphatic rings. The topological polar surface area (TPSA) is 53.4 Å². The Morgan fingerprint density at radius 3 is 2.80 bits per heavy atom. The monoisotopic (exact) mass is 228 g/mol. The van der Waals surface area contributed by atoms with Crippen LogP contribution in [0.4, 0.5) is 5.69 Å². The fraction of sp³-hybridized carbons (Fsp3) is 0.400. The maximum Gasteiger partial charge on any atom is 0.303 e. The molecule has 0 unspecified atom stereocenters. The van der Waals surface area contributed by atoms with Crippen molar-refractivity contribution in [1.29, 1.82) is 0 Å². The zero-order chi connectivity index (χ0) is 11.4. The summed E-state index contributed by atoms with van der Waals surface area (Å²) < 4.78 is 0. The summed E-state index contributed by atoms with van der Waals surface area (Å²) in [6.45, 7) is 0. The molecule has 0 spiro atoms. The quantitative estimate of drug-likeness (QED) is 0.854. The van der Waals surface area contributed by atoms with Crippen LogP contribution in [0.2, 0.25) is 5.02 Å². The van der Waals surface area contributed by atoms with E-state index in [1.54, 1.807) is 6.20 Å². The van der Waals surface area contributed by atoms with Gasteiger partial charge in [0.15, 0.2) is 0 Å². The number of halogens is 1. The van der Waals surface area contributed by atoms with Gasteiger partial charge >= 0.3 is 5.97 Å². The third-order valence-corrected chi connectivity index (χ3v) is 2.26. The highest BCUT2D eigenvalue weighted by Gasteiger charge is 2.06. The molecular formula is C10H13ClN2O2. The Kier molecular flexibility index (Phi) is 3.91.